The molecule has 1 fully saturated rings. The van der Waals surface area contributed by atoms with Crippen molar-refractivity contribution in [2.24, 2.45) is 22.7 Å². The zero-order chi connectivity index (χ0) is 11.1. The van der Waals surface area contributed by atoms with E-state index in [1.165, 1.54) is 6.42 Å². The minimum Gasteiger partial charge on any atom is -0.316 e. The van der Waals surface area contributed by atoms with Crippen LogP contribution in [-0.4, -0.2) is 13.1 Å². The van der Waals surface area contributed by atoms with E-state index >= 15 is 0 Å². The molecule has 1 heteroatoms. The second kappa shape index (κ2) is 3.52. The van der Waals surface area contributed by atoms with Gasteiger partial charge in [0.25, 0.3) is 0 Å². The molecule has 1 aliphatic carbocycles. The van der Waals surface area contributed by atoms with Crippen LogP contribution in [0.4, 0.5) is 0 Å². The predicted molar refractivity (Wildman–Crippen MR) is 63.4 cm³/mol. The van der Waals surface area contributed by atoms with Crippen molar-refractivity contribution in [2.45, 2.75) is 54.0 Å². The highest BCUT2D eigenvalue weighted by Crippen LogP contribution is 2.70. The van der Waals surface area contributed by atoms with Crippen molar-refractivity contribution in [1.82, 2.24) is 5.32 Å². The number of hydrogen-bond acceptors (Lipinski definition) is 1. The van der Waals surface area contributed by atoms with Crippen molar-refractivity contribution in [3.05, 3.63) is 0 Å². The molecule has 0 aromatic heterocycles. The van der Waals surface area contributed by atoms with Crippen LogP contribution in [0.25, 0.3) is 0 Å². The molecule has 0 aromatic carbocycles. The minimum atomic E-state index is 0.504. The van der Waals surface area contributed by atoms with Crippen LogP contribution in [0.3, 0.4) is 0 Å². The van der Waals surface area contributed by atoms with Crippen LogP contribution in [-0.2, 0) is 0 Å². The first-order valence-electron chi connectivity index (χ1n) is 5.98. The van der Waals surface area contributed by atoms with Crippen LogP contribution >= 0.6 is 0 Å². The number of nitrogens with one attached hydrogen (secondary N) is 1. The minimum absolute atomic E-state index is 0.504. The molecule has 14 heavy (non-hydrogen) atoms. The SMILES string of the molecule is CCC(C)C(NC)C1C(C)(C)C1(C)C. The fourth-order valence-corrected chi connectivity index (χ4v) is 3.18. The molecule has 1 saturated carbocycles. The molecule has 1 rings (SSSR count). The molecular formula is C13H27N. The second-order valence-electron chi connectivity index (χ2n) is 6.12. The molecule has 0 amide bonds. The quantitative estimate of drug-likeness (QED) is 0.729. The van der Waals surface area contributed by atoms with E-state index in [0.29, 0.717) is 16.9 Å². The third-order valence-corrected chi connectivity index (χ3v) is 5.08. The fourth-order valence-electron chi connectivity index (χ4n) is 3.18. The molecule has 0 bridgehead atoms. The largest absolute Gasteiger partial charge is 0.316 e. The van der Waals surface area contributed by atoms with Gasteiger partial charge < -0.3 is 5.32 Å². The van der Waals surface area contributed by atoms with Gasteiger partial charge in [0.15, 0.2) is 0 Å². The summed E-state index contributed by atoms with van der Waals surface area (Å²) in [5.74, 6) is 1.61. The Morgan fingerprint density at radius 1 is 1.14 bits per heavy atom. The Labute approximate surface area is 89.7 Å². The van der Waals surface area contributed by atoms with Crippen LogP contribution in [0.2, 0.25) is 0 Å². The molecule has 2 atom stereocenters. The standard InChI is InChI=1S/C13H27N/c1-8-9(2)10(14-7)11-12(3,4)13(11,5)6/h9-11,14H,8H2,1-7H3. The van der Waals surface area contributed by atoms with E-state index in [0.717, 1.165) is 11.8 Å². The maximum Gasteiger partial charge on any atom is 0.0128 e. The summed E-state index contributed by atoms with van der Waals surface area (Å²) in [6.45, 7) is 14.3. The van der Waals surface area contributed by atoms with Crippen LogP contribution in [0, 0.1) is 22.7 Å². The molecule has 1 nitrogen and oxygen atoms in total. The Morgan fingerprint density at radius 2 is 1.57 bits per heavy atom. The first kappa shape index (κ1) is 12.0. The Morgan fingerprint density at radius 3 is 1.79 bits per heavy atom. The average Bonchev–Trinajstić information content (AvgIpc) is 2.48. The van der Waals surface area contributed by atoms with Crippen molar-refractivity contribution in [3.8, 4) is 0 Å². The van der Waals surface area contributed by atoms with E-state index in [1.807, 2.05) is 0 Å². The third-order valence-electron chi connectivity index (χ3n) is 5.08. The summed E-state index contributed by atoms with van der Waals surface area (Å²) in [7, 11) is 2.11. The molecule has 0 aliphatic heterocycles. The van der Waals surface area contributed by atoms with E-state index in [4.69, 9.17) is 0 Å². The molecule has 0 heterocycles. The Hall–Kier alpha value is -0.0400. The Balaban J connectivity index is 2.75. The van der Waals surface area contributed by atoms with Gasteiger partial charge in [0.05, 0.1) is 0 Å². The maximum atomic E-state index is 3.53. The second-order valence-corrected chi connectivity index (χ2v) is 6.12. The summed E-state index contributed by atoms with van der Waals surface area (Å²) < 4.78 is 0. The lowest BCUT2D eigenvalue weighted by atomic mass is 9.91. The number of hydrogen-bond donors (Lipinski definition) is 1. The molecule has 1 aliphatic rings. The first-order chi connectivity index (χ1) is 6.30. The molecular weight excluding hydrogens is 170 g/mol. The van der Waals surface area contributed by atoms with Gasteiger partial charge in [-0.15, -0.1) is 0 Å². The van der Waals surface area contributed by atoms with Gasteiger partial charge in [0.2, 0.25) is 0 Å². The van der Waals surface area contributed by atoms with Gasteiger partial charge in [0.1, 0.15) is 0 Å². The van der Waals surface area contributed by atoms with Crippen LogP contribution in [0.1, 0.15) is 48.0 Å². The molecule has 0 saturated heterocycles. The van der Waals surface area contributed by atoms with E-state index in [1.54, 1.807) is 0 Å². The molecule has 2 unspecified atom stereocenters. The van der Waals surface area contributed by atoms with E-state index in [9.17, 15) is 0 Å². The van der Waals surface area contributed by atoms with Crippen molar-refractivity contribution < 1.29 is 0 Å². The maximum absolute atomic E-state index is 3.53. The summed E-state index contributed by atoms with van der Waals surface area (Å²) in [4.78, 5) is 0. The fraction of sp³-hybridized carbons (Fsp3) is 1.00. The summed E-state index contributed by atoms with van der Waals surface area (Å²) in [6, 6.07) is 0.685. The topological polar surface area (TPSA) is 12.0 Å². The van der Waals surface area contributed by atoms with Crippen molar-refractivity contribution in [3.63, 3.8) is 0 Å². The lowest BCUT2D eigenvalue weighted by Gasteiger charge is -2.24. The molecule has 84 valence electrons. The van der Waals surface area contributed by atoms with Gasteiger partial charge in [-0.05, 0) is 29.7 Å². The van der Waals surface area contributed by atoms with Crippen molar-refractivity contribution >= 4 is 0 Å². The van der Waals surface area contributed by atoms with Gasteiger partial charge in [0, 0.05) is 6.04 Å². The normalized spacial score (nSPS) is 28.5. The highest BCUT2D eigenvalue weighted by molar-refractivity contribution is 5.16. The van der Waals surface area contributed by atoms with E-state index in [-0.39, 0.29) is 0 Å². The summed E-state index contributed by atoms with van der Waals surface area (Å²) in [6.07, 6.45) is 1.27. The van der Waals surface area contributed by atoms with Gasteiger partial charge >= 0.3 is 0 Å². The molecule has 0 spiro atoms. The van der Waals surface area contributed by atoms with Gasteiger partial charge in [-0.3, -0.25) is 0 Å². The summed E-state index contributed by atoms with van der Waals surface area (Å²) in [5.41, 5.74) is 1.01. The van der Waals surface area contributed by atoms with Crippen LogP contribution in [0.5, 0.6) is 0 Å². The zero-order valence-electron chi connectivity index (χ0n) is 10.9. The van der Waals surface area contributed by atoms with Crippen LogP contribution in [0.15, 0.2) is 0 Å². The lowest BCUT2D eigenvalue weighted by molar-refractivity contribution is 0.310. The van der Waals surface area contributed by atoms with Gasteiger partial charge in [-0.2, -0.15) is 0 Å². The Kier molecular flexibility index (Phi) is 3.02. The van der Waals surface area contributed by atoms with Crippen molar-refractivity contribution in [1.29, 1.82) is 0 Å². The Bertz CT molecular complexity index is 191. The molecule has 1 N–H and O–H groups in total. The first-order valence-corrected chi connectivity index (χ1v) is 5.98. The van der Waals surface area contributed by atoms with Gasteiger partial charge in [-0.25, -0.2) is 0 Å². The van der Waals surface area contributed by atoms with Crippen LogP contribution < -0.4 is 5.32 Å². The van der Waals surface area contributed by atoms with E-state index < -0.39 is 0 Å². The number of rotatable bonds is 4. The highest BCUT2D eigenvalue weighted by atomic mass is 14.9. The zero-order valence-corrected chi connectivity index (χ0v) is 10.9. The highest BCUT2D eigenvalue weighted by Gasteiger charge is 2.67. The monoisotopic (exact) mass is 197 g/mol. The van der Waals surface area contributed by atoms with Crippen molar-refractivity contribution in [2.75, 3.05) is 7.05 Å². The predicted octanol–water partition coefficient (Wildman–Crippen LogP) is 3.30. The van der Waals surface area contributed by atoms with Gasteiger partial charge in [-0.1, -0.05) is 48.0 Å². The third kappa shape index (κ3) is 1.50. The average molecular weight is 197 g/mol. The summed E-state index contributed by atoms with van der Waals surface area (Å²) in [5, 5.41) is 3.53. The molecule has 0 aromatic rings. The van der Waals surface area contributed by atoms with E-state index in [2.05, 4.69) is 53.9 Å². The molecule has 0 radical (unpaired) electrons. The lowest BCUT2D eigenvalue weighted by Crippen LogP contribution is -2.36. The smallest absolute Gasteiger partial charge is 0.0128 e. The summed E-state index contributed by atoms with van der Waals surface area (Å²) >= 11 is 0.